The molecule has 3 heteroatoms. The number of amides is 1. The lowest BCUT2D eigenvalue weighted by Crippen LogP contribution is -2.36. The SMILES string of the molecule is N#Cc1cccc(C(=O)N2CCC(=C3CC3)CC2)c1. The molecule has 0 bridgehead atoms. The predicted octanol–water partition coefficient (Wildman–Crippen LogP) is 2.88. The zero-order chi connectivity index (χ0) is 13.2. The summed E-state index contributed by atoms with van der Waals surface area (Å²) in [5.41, 5.74) is 4.37. The number of carbonyl (C=O) groups is 1. The normalized spacial score (nSPS) is 18.2. The maximum atomic E-state index is 12.4. The Kier molecular flexibility index (Phi) is 3.08. The number of carbonyl (C=O) groups excluding carboxylic acids is 1. The number of nitrogens with zero attached hydrogens (tertiary/aromatic N) is 2. The van der Waals surface area contributed by atoms with Gasteiger partial charge in [-0.1, -0.05) is 17.2 Å². The minimum atomic E-state index is 0.0527. The van der Waals surface area contributed by atoms with E-state index in [1.165, 1.54) is 12.8 Å². The van der Waals surface area contributed by atoms with E-state index in [1.807, 2.05) is 4.90 Å². The van der Waals surface area contributed by atoms with E-state index in [4.69, 9.17) is 5.26 Å². The highest BCUT2D eigenvalue weighted by Crippen LogP contribution is 2.36. The quantitative estimate of drug-likeness (QED) is 0.721. The molecule has 2 aliphatic rings. The minimum Gasteiger partial charge on any atom is -0.338 e. The van der Waals surface area contributed by atoms with Gasteiger partial charge in [-0.25, -0.2) is 0 Å². The fraction of sp³-hybridized carbons (Fsp3) is 0.375. The van der Waals surface area contributed by atoms with Gasteiger partial charge in [0, 0.05) is 18.7 Å². The third kappa shape index (κ3) is 2.53. The molecular formula is C16H16N2O. The summed E-state index contributed by atoms with van der Waals surface area (Å²) in [5.74, 6) is 0.0527. The second-order valence-corrected chi connectivity index (χ2v) is 5.19. The minimum absolute atomic E-state index is 0.0527. The molecule has 96 valence electrons. The molecule has 0 spiro atoms. The summed E-state index contributed by atoms with van der Waals surface area (Å²) in [6.07, 6.45) is 4.60. The summed E-state index contributed by atoms with van der Waals surface area (Å²) in [4.78, 5) is 14.3. The van der Waals surface area contributed by atoms with Crippen LogP contribution >= 0.6 is 0 Å². The van der Waals surface area contributed by atoms with Crippen LogP contribution < -0.4 is 0 Å². The highest BCUT2D eigenvalue weighted by atomic mass is 16.2. The highest BCUT2D eigenvalue weighted by molar-refractivity contribution is 5.94. The van der Waals surface area contributed by atoms with E-state index in [2.05, 4.69) is 6.07 Å². The summed E-state index contributed by atoms with van der Waals surface area (Å²) < 4.78 is 0. The topological polar surface area (TPSA) is 44.1 Å². The highest BCUT2D eigenvalue weighted by Gasteiger charge is 2.24. The maximum Gasteiger partial charge on any atom is 0.253 e. The second-order valence-electron chi connectivity index (χ2n) is 5.19. The van der Waals surface area contributed by atoms with Gasteiger partial charge in [-0.2, -0.15) is 5.26 Å². The maximum absolute atomic E-state index is 12.4. The first-order chi connectivity index (χ1) is 9.28. The lowest BCUT2D eigenvalue weighted by Gasteiger charge is -2.28. The largest absolute Gasteiger partial charge is 0.338 e. The Morgan fingerprint density at radius 1 is 1.11 bits per heavy atom. The molecule has 3 nitrogen and oxygen atoms in total. The molecule has 1 amide bonds. The van der Waals surface area contributed by atoms with Gasteiger partial charge in [0.2, 0.25) is 0 Å². The van der Waals surface area contributed by atoms with Crippen molar-refractivity contribution in [2.45, 2.75) is 25.7 Å². The van der Waals surface area contributed by atoms with Crippen molar-refractivity contribution in [3.8, 4) is 6.07 Å². The van der Waals surface area contributed by atoms with Crippen molar-refractivity contribution in [3.63, 3.8) is 0 Å². The molecule has 2 fully saturated rings. The van der Waals surface area contributed by atoms with Crippen LogP contribution in [0.15, 0.2) is 35.4 Å². The van der Waals surface area contributed by atoms with Crippen LogP contribution in [0.5, 0.6) is 0 Å². The van der Waals surface area contributed by atoms with E-state index in [-0.39, 0.29) is 5.91 Å². The van der Waals surface area contributed by atoms with Gasteiger partial charge < -0.3 is 4.90 Å². The van der Waals surface area contributed by atoms with E-state index >= 15 is 0 Å². The predicted molar refractivity (Wildman–Crippen MR) is 72.6 cm³/mol. The Labute approximate surface area is 113 Å². The van der Waals surface area contributed by atoms with Crippen LogP contribution in [-0.2, 0) is 0 Å². The van der Waals surface area contributed by atoms with E-state index in [0.29, 0.717) is 11.1 Å². The molecule has 0 unspecified atom stereocenters. The van der Waals surface area contributed by atoms with Crippen molar-refractivity contribution in [3.05, 3.63) is 46.5 Å². The molecule has 1 heterocycles. The lowest BCUT2D eigenvalue weighted by atomic mass is 10.0. The van der Waals surface area contributed by atoms with Gasteiger partial charge >= 0.3 is 0 Å². The molecule has 1 saturated heterocycles. The fourth-order valence-corrected chi connectivity index (χ4v) is 2.65. The Balaban J connectivity index is 1.71. The first-order valence-corrected chi connectivity index (χ1v) is 6.77. The summed E-state index contributed by atoms with van der Waals surface area (Å²) in [7, 11) is 0. The number of likely N-dealkylation sites (tertiary alicyclic amines) is 1. The monoisotopic (exact) mass is 252 g/mol. The Hall–Kier alpha value is -2.08. The molecular weight excluding hydrogens is 236 g/mol. The molecule has 0 N–H and O–H groups in total. The van der Waals surface area contributed by atoms with E-state index in [0.717, 1.165) is 25.9 Å². The molecule has 1 aromatic rings. The third-order valence-corrected chi connectivity index (χ3v) is 3.89. The van der Waals surface area contributed by atoms with E-state index in [9.17, 15) is 4.79 Å². The summed E-state index contributed by atoms with van der Waals surface area (Å²) in [6.45, 7) is 1.63. The Morgan fingerprint density at radius 2 is 1.79 bits per heavy atom. The zero-order valence-corrected chi connectivity index (χ0v) is 10.9. The van der Waals surface area contributed by atoms with Gasteiger partial charge in [0.1, 0.15) is 0 Å². The van der Waals surface area contributed by atoms with Crippen LogP contribution in [-0.4, -0.2) is 23.9 Å². The summed E-state index contributed by atoms with van der Waals surface area (Å²) >= 11 is 0. The average molecular weight is 252 g/mol. The summed E-state index contributed by atoms with van der Waals surface area (Å²) in [5, 5.41) is 8.88. The fourth-order valence-electron chi connectivity index (χ4n) is 2.65. The van der Waals surface area contributed by atoms with Crippen LogP contribution in [0.3, 0.4) is 0 Å². The van der Waals surface area contributed by atoms with Crippen LogP contribution in [0.4, 0.5) is 0 Å². The number of nitriles is 1. The van der Waals surface area contributed by atoms with E-state index < -0.39 is 0 Å². The van der Waals surface area contributed by atoms with Crippen LogP contribution in [0.25, 0.3) is 0 Å². The number of allylic oxidation sites excluding steroid dienone is 1. The molecule has 0 atom stereocenters. The number of piperidine rings is 1. The van der Waals surface area contributed by atoms with Crippen LogP contribution in [0.1, 0.15) is 41.6 Å². The molecule has 0 radical (unpaired) electrons. The van der Waals surface area contributed by atoms with E-state index in [1.54, 1.807) is 35.4 Å². The smallest absolute Gasteiger partial charge is 0.253 e. The second kappa shape index (κ2) is 4.89. The molecule has 1 aromatic carbocycles. The Bertz CT molecular complexity index is 579. The molecule has 19 heavy (non-hydrogen) atoms. The van der Waals surface area contributed by atoms with Gasteiger partial charge in [0.25, 0.3) is 5.91 Å². The molecule has 3 rings (SSSR count). The van der Waals surface area contributed by atoms with Crippen molar-refractivity contribution in [2.75, 3.05) is 13.1 Å². The van der Waals surface area contributed by atoms with Gasteiger partial charge in [0.15, 0.2) is 0 Å². The van der Waals surface area contributed by atoms with Crippen molar-refractivity contribution < 1.29 is 4.79 Å². The Morgan fingerprint density at radius 3 is 2.42 bits per heavy atom. The van der Waals surface area contributed by atoms with Crippen molar-refractivity contribution in [1.29, 1.82) is 5.26 Å². The number of hydrogen-bond acceptors (Lipinski definition) is 2. The van der Waals surface area contributed by atoms with Crippen molar-refractivity contribution in [2.24, 2.45) is 0 Å². The van der Waals surface area contributed by atoms with Gasteiger partial charge in [-0.3, -0.25) is 4.79 Å². The van der Waals surface area contributed by atoms with Crippen LogP contribution in [0, 0.1) is 11.3 Å². The first kappa shape index (κ1) is 12.0. The number of benzene rings is 1. The lowest BCUT2D eigenvalue weighted by molar-refractivity contribution is 0.0743. The standard InChI is InChI=1S/C16H16N2O/c17-11-12-2-1-3-15(10-12)16(19)18-8-6-14(7-9-18)13-4-5-13/h1-3,10H,4-9H2. The molecule has 1 aliphatic carbocycles. The van der Waals surface area contributed by atoms with Gasteiger partial charge in [0.05, 0.1) is 11.6 Å². The third-order valence-electron chi connectivity index (χ3n) is 3.89. The van der Waals surface area contributed by atoms with Gasteiger partial charge in [-0.05, 0) is 43.9 Å². The average Bonchev–Trinajstić information content (AvgIpc) is 3.31. The number of rotatable bonds is 1. The molecule has 0 aromatic heterocycles. The van der Waals surface area contributed by atoms with Crippen molar-refractivity contribution >= 4 is 5.91 Å². The van der Waals surface area contributed by atoms with Crippen molar-refractivity contribution in [1.82, 2.24) is 4.90 Å². The molecule has 1 aliphatic heterocycles. The number of hydrogen-bond donors (Lipinski definition) is 0. The zero-order valence-electron chi connectivity index (χ0n) is 10.9. The van der Waals surface area contributed by atoms with Crippen LogP contribution in [0.2, 0.25) is 0 Å². The first-order valence-electron chi connectivity index (χ1n) is 6.77. The molecule has 1 saturated carbocycles. The summed E-state index contributed by atoms with van der Waals surface area (Å²) in [6, 6.07) is 9.04. The van der Waals surface area contributed by atoms with Gasteiger partial charge in [-0.15, -0.1) is 0 Å².